The minimum atomic E-state index is -0.215. The van der Waals surface area contributed by atoms with Crippen LogP contribution in [0.3, 0.4) is 0 Å². The van der Waals surface area contributed by atoms with Gasteiger partial charge in [-0.3, -0.25) is 0 Å². The van der Waals surface area contributed by atoms with Crippen LogP contribution >= 0.6 is 0 Å². The Hall–Kier alpha value is -8.34. The van der Waals surface area contributed by atoms with Gasteiger partial charge in [0.1, 0.15) is 0 Å². The molecule has 2 aliphatic heterocycles. The minimum Gasteiger partial charge on any atom is -0.311 e. The lowest BCUT2D eigenvalue weighted by Crippen LogP contribution is -2.61. The summed E-state index contributed by atoms with van der Waals surface area (Å²) in [4.78, 5) is 5.53. The molecule has 0 radical (unpaired) electrons. The average molecular weight is 1090 g/mol. The van der Waals surface area contributed by atoms with Crippen LogP contribution in [-0.4, -0.2) is 11.3 Å². The van der Waals surface area contributed by atoms with Gasteiger partial charge < -0.3 is 14.4 Å². The molecule has 0 unspecified atom stereocenters. The van der Waals surface area contributed by atoms with Gasteiger partial charge in [0.2, 0.25) is 0 Å². The van der Waals surface area contributed by atoms with E-state index in [4.69, 9.17) is 0 Å². The third kappa shape index (κ3) is 9.56. The molecular formula is C80H80BN3. The van der Waals surface area contributed by atoms with Gasteiger partial charge in [0.05, 0.1) is 22.4 Å². The summed E-state index contributed by atoms with van der Waals surface area (Å²) < 4.78 is 2.51. The molecular weight excluding hydrogens is 1010 g/mol. The van der Waals surface area contributed by atoms with Gasteiger partial charge in [-0.2, -0.15) is 0 Å². The predicted molar refractivity (Wildman–Crippen MR) is 364 cm³/mol. The van der Waals surface area contributed by atoms with E-state index in [-0.39, 0.29) is 23.0 Å². The second-order valence-corrected chi connectivity index (χ2v) is 27.0. The van der Waals surface area contributed by atoms with Crippen molar-refractivity contribution in [3.63, 3.8) is 0 Å². The number of hydrogen-bond acceptors (Lipinski definition) is 2. The van der Waals surface area contributed by atoms with Crippen LogP contribution in [0.5, 0.6) is 0 Å². The first-order chi connectivity index (χ1) is 40.5. The van der Waals surface area contributed by atoms with E-state index < -0.39 is 0 Å². The number of aryl methyl sites for hydroxylation is 2. The molecule has 0 atom stereocenters. The molecule has 4 heteroatoms. The third-order valence-corrected chi connectivity index (χ3v) is 18.2. The van der Waals surface area contributed by atoms with Crippen molar-refractivity contribution >= 4 is 79.0 Å². The zero-order valence-electron chi connectivity index (χ0n) is 51.4. The fourth-order valence-corrected chi connectivity index (χ4v) is 13.6. The summed E-state index contributed by atoms with van der Waals surface area (Å²) in [6.07, 6.45) is 6.51. The van der Waals surface area contributed by atoms with Crippen LogP contribution in [0.1, 0.15) is 130 Å². The third-order valence-electron chi connectivity index (χ3n) is 18.2. The highest BCUT2D eigenvalue weighted by atomic mass is 15.2. The molecule has 11 aromatic rings. The Bertz CT molecular complexity index is 4140. The highest BCUT2D eigenvalue weighted by molar-refractivity contribution is 7.00. The van der Waals surface area contributed by atoms with Gasteiger partial charge in [0.25, 0.3) is 6.71 Å². The fraction of sp³-hybridized carbons (Fsp3) is 0.250. The second kappa shape index (κ2) is 21.4. The summed E-state index contributed by atoms with van der Waals surface area (Å²) in [5, 5.41) is 2.51. The normalized spacial score (nSPS) is 13.2. The summed E-state index contributed by atoms with van der Waals surface area (Å²) in [6.45, 7) is 26.1. The van der Waals surface area contributed by atoms with Gasteiger partial charge in [0.15, 0.2) is 0 Å². The quantitative estimate of drug-likeness (QED) is 0.113. The number of nitrogens with zero attached hydrogens (tertiary/aromatic N) is 3. The van der Waals surface area contributed by atoms with E-state index in [0.717, 1.165) is 44.2 Å². The Morgan fingerprint density at radius 3 is 1.31 bits per heavy atom. The average Bonchev–Trinajstić information content (AvgIpc) is 0.873. The van der Waals surface area contributed by atoms with Crippen LogP contribution in [0.25, 0.3) is 60.9 Å². The fourth-order valence-electron chi connectivity index (χ4n) is 13.6. The van der Waals surface area contributed by atoms with E-state index in [1.54, 1.807) is 0 Å². The van der Waals surface area contributed by atoms with E-state index >= 15 is 0 Å². The standard InChI is InChI=1S/C80H80BN3/c1-12-14-29-57-45-59(78(3,4)5)46-58(30-15-13-2)76(57)83-71-44-41-56(53-31-19-16-20-32-53)47-68(71)81-67-43-42-62(82-69-39-27-25-37-63(69)64-38-26-28-40-70(64)82)52-72(67)84(74-51-61(80(9,10)11)50-73(83)75(74)81)77-65(54-33-21-17-22-34-54)48-60(79(6,7)8)49-66(77)55-35-23-18-24-36-55/h16-28,31-52H,12-15,29-30H2,1-11H3. The molecule has 0 fully saturated rings. The molecule has 0 saturated carbocycles. The highest BCUT2D eigenvalue weighted by Gasteiger charge is 2.46. The van der Waals surface area contributed by atoms with Crippen molar-refractivity contribution in [2.75, 3.05) is 9.80 Å². The van der Waals surface area contributed by atoms with Gasteiger partial charge in [-0.05, 0) is 163 Å². The molecule has 418 valence electrons. The monoisotopic (exact) mass is 1090 g/mol. The van der Waals surface area contributed by atoms with Gasteiger partial charge in [-0.1, -0.05) is 247 Å². The first kappa shape index (κ1) is 54.9. The summed E-state index contributed by atoms with van der Waals surface area (Å²) in [7, 11) is 0. The summed E-state index contributed by atoms with van der Waals surface area (Å²) in [6, 6.07) is 81.8. The smallest absolute Gasteiger partial charge is 0.252 e. The molecule has 0 N–H and O–H groups in total. The maximum absolute atomic E-state index is 2.78. The number of hydrogen-bond donors (Lipinski definition) is 0. The molecule has 10 aromatic carbocycles. The topological polar surface area (TPSA) is 11.4 Å². The van der Waals surface area contributed by atoms with Crippen molar-refractivity contribution in [3.8, 4) is 39.1 Å². The summed E-state index contributed by atoms with van der Waals surface area (Å²) in [5.41, 5.74) is 28.8. The maximum atomic E-state index is 2.78. The van der Waals surface area contributed by atoms with Crippen molar-refractivity contribution < 1.29 is 0 Å². The Kier molecular flexibility index (Phi) is 14.0. The molecule has 0 spiro atoms. The molecule has 13 rings (SSSR count). The largest absolute Gasteiger partial charge is 0.311 e. The molecule has 0 amide bonds. The summed E-state index contributed by atoms with van der Waals surface area (Å²) in [5.74, 6) is 0. The van der Waals surface area contributed by atoms with Crippen LogP contribution in [0.2, 0.25) is 0 Å². The van der Waals surface area contributed by atoms with Crippen molar-refractivity contribution in [2.45, 2.75) is 131 Å². The lowest BCUT2D eigenvalue weighted by Gasteiger charge is -2.47. The van der Waals surface area contributed by atoms with E-state index in [9.17, 15) is 0 Å². The van der Waals surface area contributed by atoms with Crippen molar-refractivity contribution in [2.24, 2.45) is 0 Å². The first-order valence-electron chi connectivity index (χ1n) is 31.1. The molecule has 0 saturated heterocycles. The maximum Gasteiger partial charge on any atom is 0.252 e. The lowest BCUT2D eigenvalue weighted by molar-refractivity contribution is 0.587. The zero-order valence-corrected chi connectivity index (χ0v) is 51.4. The molecule has 3 nitrogen and oxygen atoms in total. The van der Waals surface area contributed by atoms with E-state index in [2.05, 4.69) is 303 Å². The van der Waals surface area contributed by atoms with E-state index in [1.165, 1.54) is 134 Å². The van der Waals surface area contributed by atoms with Crippen LogP contribution in [0.15, 0.2) is 212 Å². The number of aromatic nitrogens is 1. The van der Waals surface area contributed by atoms with Crippen LogP contribution in [-0.2, 0) is 29.1 Å². The first-order valence-corrected chi connectivity index (χ1v) is 31.1. The SMILES string of the molecule is CCCCc1cc(C(C)(C)C)cc(CCCC)c1N1c2ccc(-c3ccccc3)cc2B2c3ccc(-n4c5ccccc5c5ccccc54)cc3N(c3c(-c4ccccc4)cc(C(C)(C)C)cc3-c3ccccc3)c3cc(C(C)(C)C)cc1c32. The number of para-hydroxylation sites is 2. The Balaban J connectivity index is 1.23. The van der Waals surface area contributed by atoms with Crippen molar-refractivity contribution in [1.29, 1.82) is 0 Å². The van der Waals surface area contributed by atoms with Crippen molar-refractivity contribution in [1.82, 2.24) is 4.57 Å². The number of fused-ring (bicyclic) bond motifs is 7. The van der Waals surface area contributed by atoms with E-state index in [1.807, 2.05) is 0 Å². The molecule has 1 aromatic heterocycles. The number of benzene rings is 10. The Morgan fingerprint density at radius 1 is 0.357 bits per heavy atom. The predicted octanol–water partition coefficient (Wildman–Crippen LogP) is 20.4. The highest BCUT2D eigenvalue weighted by Crippen LogP contribution is 2.54. The number of unbranched alkanes of at least 4 members (excludes halogenated alkanes) is 2. The van der Waals surface area contributed by atoms with Gasteiger partial charge in [0, 0.05) is 50.3 Å². The zero-order chi connectivity index (χ0) is 58.2. The molecule has 0 aliphatic carbocycles. The van der Waals surface area contributed by atoms with Gasteiger partial charge in [-0.15, -0.1) is 0 Å². The molecule has 0 bridgehead atoms. The number of rotatable bonds is 12. The molecule has 84 heavy (non-hydrogen) atoms. The van der Waals surface area contributed by atoms with Crippen LogP contribution in [0.4, 0.5) is 34.1 Å². The van der Waals surface area contributed by atoms with Gasteiger partial charge in [-0.25, -0.2) is 0 Å². The van der Waals surface area contributed by atoms with Gasteiger partial charge >= 0.3 is 0 Å². The molecule has 2 aliphatic rings. The second-order valence-electron chi connectivity index (χ2n) is 27.0. The van der Waals surface area contributed by atoms with Crippen LogP contribution in [0, 0.1) is 0 Å². The van der Waals surface area contributed by atoms with E-state index in [0.29, 0.717) is 0 Å². The minimum absolute atomic E-state index is 0.0149. The number of anilines is 6. The Morgan fingerprint density at radius 2 is 0.810 bits per heavy atom. The lowest BCUT2D eigenvalue weighted by atomic mass is 9.33. The van der Waals surface area contributed by atoms with Crippen molar-refractivity contribution in [3.05, 3.63) is 240 Å². The Labute approximate surface area is 500 Å². The van der Waals surface area contributed by atoms with Crippen LogP contribution < -0.4 is 26.2 Å². The summed E-state index contributed by atoms with van der Waals surface area (Å²) >= 11 is 0. The molecule has 3 heterocycles.